The maximum absolute atomic E-state index is 13.0. The molecular weight excluding hydrogens is 639 g/mol. The zero-order valence-corrected chi connectivity index (χ0v) is 28.8. The molecule has 0 aliphatic heterocycles. The van der Waals surface area contributed by atoms with Crippen LogP contribution in [0.2, 0.25) is 0 Å². The number of ether oxygens (including phenoxy) is 1. The van der Waals surface area contributed by atoms with Crippen LogP contribution in [0, 0.1) is 17.8 Å². The molecule has 0 saturated heterocycles. The Hall–Kier alpha value is -6.07. The Kier molecular flexibility index (Phi) is 6.54. The van der Waals surface area contributed by atoms with Crippen LogP contribution in [-0.2, 0) is 16.1 Å². The third-order valence-corrected chi connectivity index (χ3v) is 11.9. The van der Waals surface area contributed by atoms with Crippen LogP contribution < -0.4 is 0 Å². The molecule has 1 fully saturated rings. The molecule has 3 unspecified atom stereocenters. The van der Waals surface area contributed by atoms with Gasteiger partial charge in [-0.2, -0.15) is 0 Å². The fourth-order valence-corrected chi connectivity index (χ4v) is 9.55. The Balaban J connectivity index is 1.05. The minimum atomic E-state index is -0.0225. The van der Waals surface area contributed by atoms with Gasteiger partial charge in [0.25, 0.3) is 0 Å². The molecule has 3 atom stereocenters. The van der Waals surface area contributed by atoms with Crippen molar-refractivity contribution in [2.75, 3.05) is 6.61 Å². The average molecular weight is 676 g/mol. The first-order valence-corrected chi connectivity index (χ1v) is 18.6. The average Bonchev–Trinajstić information content (AvgIpc) is 4.02. The fourth-order valence-electron chi connectivity index (χ4n) is 9.55. The summed E-state index contributed by atoms with van der Waals surface area (Å²) in [4.78, 5) is 13.0. The molecule has 2 aliphatic carbocycles. The number of aromatic nitrogens is 3. The summed E-state index contributed by atoms with van der Waals surface area (Å²) in [6.45, 7) is 1.18. The fraction of sp³-hybridized carbons (Fsp3) is 0.170. The molecule has 252 valence electrons. The van der Waals surface area contributed by atoms with E-state index in [1.165, 1.54) is 65.4 Å². The third-order valence-electron chi connectivity index (χ3n) is 11.9. The van der Waals surface area contributed by atoms with Crippen LogP contribution in [0.5, 0.6) is 0 Å². The van der Waals surface area contributed by atoms with E-state index in [1.54, 1.807) is 0 Å². The van der Waals surface area contributed by atoms with Crippen LogP contribution in [0.3, 0.4) is 0 Å². The van der Waals surface area contributed by atoms with E-state index in [-0.39, 0.29) is 11.9 Å². The van der Waals surface area contributed by atoms with E-state index in [0.717, 1.165) is 37.2 Å². The summed E-state index contributed by atoms with van der Waals surface area (Å²) in [6, 6.07) is 48.6. The largest absolute Gasteiger partial charge is 0.465 e. The van der Waals surface area contributed by atoms with Gasteiger partial charge in [0.15, 0.2) is 0 Å². The maximum atomic E-state index is 13.0. The third kappa shape index (κ3) is 4.38. The van der Waals surface area contributed by atoms with Gasteiger partial charge in [-0.15, -0.1) is 0 Å². The van der Waals surface area contributed by atoms with E-state index in [2.05, 4.69) is 159 Å². The van der Waals surface area contributed by atoms with Gasteiger partial charge in [0.2, 0.25) is 0 Å². The highest BCUT2D eigenvalue weighted by Gasteiger charge is 2.40. The first-order valence-electron chi connectivity index (χ1n) is 18.6. The summed E-state index contributed by atoms with van der Waals surface area (Å²) in [5.41, 5.74) is 9.44. The Morgan fingerprint density at radius 1 is 0.538 bits per heavy atom. The van der Waals surface area contributed by atoms with Crippen molar-refractivity contribution in [3.63, 3.8) is 0 Å². The molecular formula is C47H37N3O2. The second kappa shape index (κ2) is 11.5. The van der Waals surface area contributed by atoms with Crippen molar-refractivity contribution in [2.45, 2.75) is 25.8 Å². The van der Waals surface area contributed by atoms with Gasteiger partial charge in [0, 0.05) is 61.3 Å². The number of hydrogen-bond donors (Lipinski definition) is 0. The maximum Gasteiger partial charge on any atom is 0.309 e. The number of rotatable bonds is 7. The lowest BCUT2D eigenvalue weighted by molar-refractivity contribution is -0.149. The number of carbonyl (C=O) groups is 1. The molecule has 11 rings (SSSR count). The summed E-state index contributed by atoms with van der Waals surface area (Å²) in [7, 11) is 0. The molecule has 1 saturated carbocycles. The van der Waals surface area contributed by atoms with E-state index >= 15 is 0 Å². The van der Waals surface area contributed by atoms with Gasteiger partial charge in [0.1, 0.15) is 0 Å². The summed E-state index contributed by atoms with van der Waals surface area (Å²) >= 11 is 0. The molecule has 5 heteroatoms. The molecule has 6 aromatic carbocycles. The lowest BCUT2D eigenvalue weighted by Gasteiger charge is -2.17. The molecule has 52 heavy (non-hydrogen) atoms. The zero-order chi connectivity index (χ0) is 34.3. The van der Waals surface area contributed by atoms with Crippen molar-refractivity contribution in [2.24, 2.45) is 17.8 Å². The predicted molar refractivity (Wildman–Crippen MR) is 213 cm³/mol. The summed E-state index contributed by atoms with van der Waals surface area (Å²) in [6.07, 6.45) is 7.30. The first-order chi connectivity index (χ1) is 25.7. The van der Waals surface area contributed by atoms with Crippen molar-refractivity contribution >= 4 is 71.4 Å². The number of aryl methyl sites for hydroxylation is 1. The molecule has 0 spiro atoms. The molecule has 3 heterocycles. The van der Waals surface area contributed by atoms with Crippen LogP contribution in [-0.4, -0.2) is 26.3 Å². The summed E-state index contributed by atoms with van der Waals surface area (Å²) in [5, 5.41) is 7.44. The smallest absolute Gasteiger partial charge is 0.309 e. The highest BCUT2D eigenvalue weighted by atomic mass is 16.5. The summed E-state index contributed by atoms with van der Waals surface area (Å²) < 4.78 is 13.1. The standard InChI is InChI=1S/C47H37N3O2/c51-47(38-27-30-18-19-31(38)26-30)52-25-9-24-48-41-22-20-32(49-43-14-5-1-10-34(43)35-11-2-6-15-44(35)49)28-39(41)40-29-33(21-23-42(40)48)50-45-16-7-3-12-36(45)37-13-4-8-17-46(37)50/h1-8,10-23,28-31,38H,9,24-27H2. The number of benzene rings is 6. The molecule has 0 radical (unpaired) electrons. The van der Waals surface area contributed by atoms with Gasteiger partial charge in [-0.3, -0.25) is 4.79 Å². The highest BCUT2D eigenvalue weighted by molar-refractivity contribution is 6.13. The number of fused-ring (bicyclic) bond motifs is 11. The van der Waals surface area contributed by atoms with Gasteiger partial charge in [-0.25, -0.2) is 0 Å². The monoisotopic (exact) mass is 675 g/mol. The Morgan fingerprint density at radius 3 is 1.46 bits per heavy atom. The van der Waals surface area contributed by atoms with Gasteiger partial charge in [-0.1, -0.05) is 84.9 Å². The number of hydrogen-bond acceptors (Lipinski definition) is 2. The van der Waals surface area contributed by atoms with Crippen molar-refractivity contribution in [3.8, 4) is 11.4 Å². The van der Waals surface area contributed by atoms with E-state index in [4.69, 9.17) is 4.74 Å². The highest BCUT2D eigenvalue weighted by Crippen LogP contribution is 2.44. The SMILES string of the molecule is O=C(OCCCn1c2ccc(-n3c4ccccc4c4ccccc43)cc2c2cc(-n3c4ccccc4c4ccccc43)ccc21)C1CC2C=CC1C2. The zero-order valence-electron chi connectivity index (χ0n) is 28.8. The van der Waals surface area contributed by atoms with Crippen LogP contribution >= 0.6 is 0 Å². The first kappa shape index (κ1) is 29.6. The second-order valence-corrected chi connectivity index (χ2v) is 14.7. The van der Waals surface area contributed by atoms with Crippen molar-refractivity contribution in [3.05, 3.63) is 146 Å². The van der Waals surface area contributed by atoms with Crippen LogP contribution in [0.1, 0.15) is 19.3 Å². The van der Waals surface area contributed by atoms with Gasteiger partial charge in [-0.05, 0) is 91.8 Å². The minimum Gasteiger partial charge on any atom is -0.465 e. The van der Waals surface area contributed by atoms with Crippen LogP contribution in [0.4, 0.5) is 0 Å². The number of esters is 1. The summed E-state index contributed by atoms with van der Waals surface area (Å²) in [5.74, 6) is 0.926. The van der Waals surface area contributed by atoms with E-state index in [1.807, 2.05) is 0 Å². The normalized spacial score (nSPS) is 18.3. The molecule has 0 N–H and O–H groups in total. The van der Waals surface area contributed by atoms with E-state index < -0.39 is 0 Å². The van der Waals surface area contributed by atoms with Crippen LogP contribution in [0.25, 0.3) is 76.8 Å². The molecule has 2 aliphatic rings. The van der Waals surface area contributed by atoms with E-state index in [9.17, 15) is 4.79 Å². The number of carbonyl (C=O) groups excluding carboxylic acids is 1. The van der Waals surface area contributed by atoms with Crippen molar-refractivity contribution < 1.29 is 9.53 Å². The topological polar surface area (TPSA) is 41.1 Å². The number of nitrogens with zero attached hydrogens (tertiary/aromatic N) is 3. The Morgan fingerprint density at radius 2 is 1.02 bits per heavy atom. The van der Waals surface area contributed by atoms with Crippen molar-refractivity contribution in [1.29, 1.82) is 0 Å². The van der Waals surface area contributed by atoms with Gasteiger partial charge in [0.05, 0.1) is 34.6 Å². The van der Waals surface area contributed by atoms with Gasteiger partial charge < -0.3 is 18.4 Å². The lowest BCUT2D eigenvalue weighted by atomic mass is 9.94. The second-order valence-electron chi connectivity index (χ2n) is 14.7. The Bertz CT molecular complexity index is 2640. The number of para-hydroxylation sites is 4. The molecule has 0 amide bonds. The molecule has 9 aromatic rings. The van der Waals surface area contributed by atoms with E-state index in [0.29, 0.717) is 18.4 Å². The van der Waals surface area contributed by atoms with Crippen LogP contribution in [0.15, 0.2) is 146 Å². The quantitative estimate of drug-likeness (QED) is 0.0958. The van der Waals surface area contributed by atoms with Gasteiger partial charge >= 0.3 is 5.97 Å². The van der Waals surface area contributed by atoms with Crippen molar-refractivity contribution in [1.82, 2.24) is 13.7 Å². The molecule has 5 nitrogen and oxygen atoms in total. The lowest BCUT2D eigenvalue weighted by Crippen LogP contribution is -2.22. The Labute approximate surface area is 300 Å². The number of allylic oxidation sites excluding steroid dienone is 2. The molecule has 3 aromatic heterocycles. The predicted octanol–water partition coefficient (Wildman–Crippen LogP) is 11.1. The minimum absolute atomic E-state index is 0.0225. The molecule has 2 bridgehead atoms.